The molecule has 34 heavy (non-hydrogen) atoms. The summed E-state index contributed by atoms with van der Waals surface area (Å²) in [5.41, 5.74) is 7.88. The Hall–Kier alpha value is -3.43. The lowest BCUT2D eigenvalue weighted by molar-refractivity contribution is -0.147. The number of nitrogens with one attached hydrogen (secondary N) is 1. The Morgan fingerprint density at radius 2 is 1.68 bits per heavy atom. The summed E-state index contributed by atoms with van der Waals surface area (Å²) in [5, 5.41) is 11.7. The lowest BCUT2D eigenvalue weighted by Crippen LogP contribution is -2.52. The number of carbonyl (C=O) groups excluding carboxylic acids is 2. The van der Waals surface area contributed by atoms with Crippen molar-refractivity contribution in [3.05, 3.63) is 65.2 Å². The number of amides is 2. The second kappa shape index (κ2) is 12.2. The first kappa shape index (κ1) is 25.2. The Morgan fingerprint density at radius 1 is 1.06 bits per heavy atom. The average Bonchev–Trinajstić information content (AvgIpc) is 2.87. The highest BCUT2D eigenvalue weighted by atomic mass is 16.5. The average molecular weight is 470 g/mol. The van der Waals surface area contributed by atoms with Crippen molar-refractivity contribution in [2.75, 3.05) is 26.8 Å². The van der Waals surface area contributed by atoms with Gasteiger partial charge < -0.3 is 30.5 Å². The number of nitrogens with two attached hydrogens (primary N) is 1. The maximum atomic E-state index is 13.4. The minimum atomic E-state index is -1.01. The Morgan fingerprint density at radius 3 is 2.24 bits per heavy atom. The molecule has 2 amide bonds. The molecular weight excluding hydrogens is 438 g/mol. The van der Waals surface area contributed by atoms with Gasteiger partial charge >= 0.3 is 5.97 Å². The minimum Gasteiger partial charge on any atom is -0.497 e. The molecule has 1 aliphatic heterocycles. The lowest BCUT2D eigenvalue weighted by atomic mass is 10.0. The van der Waals surface area contributed by atoms with Crippen molar-refractivity contribution in [3.63, 3.8) is 0 Å². The largest absolute Gasteiger partial charge is 0.497 e. The number of benzene rings is 2. The molecule has 1 heterocycles. The first-order valence-electron chi connectivity index (χ1n) is 11.2. The highest BCUT2D eigenvalue weighted by Crippen LogP contribution is 2.18. The highest BCUT2D eigenvalue weighted by molar-refractivity contribution is 5.97. The molecule has 2 aromatic carbocycles. The van der Waals surface area contributed by atoms with Crippen molar-refractivity contribution in [1.82, 2.24) is 10.2 Å². The minimum absolute atomic E-state index is 0.181. The summed E-state index contributed by atoms with van der Waals surface area (Å²) >= 11 is 0. The molecule has 1 unspecified atom stereocenters. The van der Waals surface area contributed by atoms with E-state index in [2.05, 4.69) is 5.32 Å². The third kappa shape index (κ3) is 7.03. The summed E-state index contributed by atoms with van der Waals surface area (Å²) in [6, 6.07) is 13.6. The SMILES string of the molecule is COc1ccc(CC(NC(=O)c2ccc(CN)cc2)C(=O)N2CCC(OCC(=O)O)CC2)cc1. The molecule has 0 aromatic heterocycles. The molecule has 1 saturated heterocycles. The Bertz CT molecular complexity index is 969. The van der Waals surface area contributed by atoms with E-state index in [0.29, 0.717) is 50.2 Å². The highest BCUT2D eigenvalue weighted by Gasteiger charge is 2.30. The molecule has 1 atom stereocenters. The maximum Gasteiger partial charge on any atom is 0.329 e. The molecule has 1 fully saturated rings. The van der Waals surface area contributed by atoms with E-state index in [1.165, 1.54) is 0 Å². The third-order valence-electron chi connectivity index (χ3n) is 5.85. The van der Waals surface area contributed by atoms with Gasteiger partial charge in [0.1, 0.15) is 18.4 Å². The van der Waals surface area contributed by atoms with Crippen LogP contribution in [-0.2, 0) is 27.3 Å². The van der Waals surface area contributed by atoms with Crippen molar-refractivity contribution in [2.45, 2.75) is 38.0 Å². The number of piperidine rings is 1. The summed E-state index contributed by atoms with van der Waals surface area (Å²) in [6.07, 6.45) is 1.21. The zero-order chi connectivity index (χ0) is 24.5. The number of methoxy groups -OCH3 is 1. The van der Waals surface area contributed by atoms with Gasteiger partial charge in [-0.15, -0.1) is 0 Å². The van der Waals surface area contributed by atoms with Crippen LogP contribution >= 0.6 is 0 Å². The molecule has 0 radical (unpaired) electrons. The molecule has 9 heteroatoms. The predicted molar refractivity (Wildman–Crippen MR) is 125 cm³/mol. The van der Waals surface area contributed by atoms with E-state index in [1.807, 2.05) is 24.3 Å². The standard InChI is InChI=1S/C25H31N3O6/c1-33-20-8-4-17(5-9-20)14-22(27-24(31)19-6-2-18(15-26)3-7-19)25(32)28-12-10-21(11-13-28)34-16-23(29)30/h2-9,21-22H,10-16,26H2,1H3,(H,27,31)(H,29,30). The van der Waals surface area contributed by atoms with Gasteiger partial charge in [0.2, 0.25) is 5.91 Å². The summed E-state index contributed by atoms with van der Waals surface area (Å²) < 4.78 is 10.6. The molecule has 2 aromatic rings. The third-order valence-corrected chi connectivity index (χ3v) is 5.85. The number of rotatable bonds is 10. The number of carboxylic acid groups (broad SMARTS) is 1. The molecule has 182 valence electrons. The number of aliphatic carboxylic acids is 1. The quantitative estimate of drug-likeness (QED) is 0.481. The van der Waals surface area contributed by atoms with E-state index in [9.17, 15) is 14.4 Å². The Balaban J connectivity index is 1.70. The van der Waals surface area contributed by atoms with Gasteiger partial charge in [-0.3, -0.25) is 9.59 Å². The fourth-order valence-corrected chi connectivity index (χ4v) is 3.88. The van der Waals surface area contributed by atoms with Crippen molar-refractivity contribution < 1.29 is 29.0 Å². The van der Waals surface area contributed by atoms with Crippen LogP contribution in [0.15, 0.2) is 48.5 Å². The second-order valence-corrected chi connectivity index (χ2v) is 8.21. The van der Waals surface area contributed by atoms with E-state index >= 15 is 0 Å². The van der Waals surface area contributed by atoms with E-state index < -0.39 is 12.0 Å². The molecule has 0 spiro atoms. The zero-order valence-electron chi connectivity index (χ0n) is 19.2. The van der Waals surface area contributed by atoms with E-state index in [0.717, 1.165) is 11.1 Å². The van der Waals surface area contributed by atoms with Crippen LogP contribution < -0.4 is 15.8 Å². The van der Waals surface area contributed by atoms with Crippen LogP contribution in [0.25, 0.3) is 0 Å². The smallest absolute Gasteiger partial charge is 0.329 e. The van der Waals surface area contributed by atoms with Crippen LogP contribution in [-0.4, -0.2) is 66.7 Å². The van der Waals surface area contributed by atoms with Gasteiger partial charge in [0, 0.05) is 31.6 Å². The number of hydrogen-bond acceptors (Lipinski definition) is 6. The Kier molecular flexibility index (Phi) is 9.00. The van der Waals surface area contributed by atoms with Gasteiger partial charge in [-0.25, -0.2) is 4.79 Å². The Labute approximate surface area is 198 Å². The molecular formula is C25H31N3O6. The predicted octanol–water partition coefficient (Wildman–Crippen LogP) is 1.59. The summed E-state index contributed by atoms with van der Waals surface area (Å²) in [7, 11) is 1.58. The molecule has 0 aliphatic carbocycles. The second-order valence-electron chi connectivity index (χ2n) is 8.21. The molecule has 1 aliphatic rings. The van der Waals surface area contributed by atoms with E-state index in [4.69, 9.17) is 20.3 Å². The number of hydrogen-bond donors (Lipinski definition) is 3. The van der Waals surface area contributed by atoms with E-state index in [1.54, 1.807) is 36.3 Å². The first-order valence-corrected chi connectivity index (χ1v) is 11.2. The fraction of sp³-hybridized carbons (Fsp3) is 0.400. The fourth-order valence-electron chi connectivity index (χ4n) is 3.88. The first-order chi connectivity index (χ1) is 16.4. The van der Waals surface area contributed by atoms with Crippen LogP contribution in [0, 0.1) is 0 Å². The number of likely N-dealkylation sites (tertiary alicyclic amines) is 1. The lowest BCUT2D eigenvalue weighted by Gasteiger charge is -2.34. The van der Waals surface area contributed by atoms with Crippen molar-refractivity contribution in [2.24, 2.45) is 5.73 Å². The maximum absolute atomic E-state index is 13.4. The van der Waals surface area contributed by atoms with Gasteiger partial charge in [0.25, 0.3) is 5.91 Å². The van der Waals surface area contributed by atoms with Crippen molar-refractivity contribution in [1.29, 1.82) is 0 Å². The van der Waals surface area contributed by atoms with Gasteiger partial charge in [-0.05, 0) is 48.2 Å². The topological polar surface area (TPSA) is 131 Å². The number of carboxylic acids is 1. The monoisotopic (exact) mass is 469 g/mol. The van der Waals surface area contributed by atoms with Crippen LogP contribution in [0.2, 0.25) is 0 Å². The number of nitrogens with zero attached hydrogens (tertiary/aromatic N) is 1. The van der Waals surface area contributed by atoms with Gasteiger partial charge in [0.15, 0.2) is 0 Å². The van der Waals surface area contributed by atoms with Crippen molar-refractivity contribution >= 4 is 17.8 Å². The van der Waals surface area contributed by atoms with Crippen LogP contribution in [0.3, 0.4) is 0 Å². The van der Waals surface area contributed by atoms with Gasteiger partial charge in [0.05, 0.1) is 13.2 Å². The number of carbonyl (C=O) groups is 3. The molecule has 0 bridgehead atoms. The zero-order valence-corrected chi connectivity index (χ0v) is 19.2. The van der Waals surface area contributed by atoms with Gasteiger partial charge in [-0.2, -0.15) is 0 Å². The van der Waals surface area contributed by atoms with Gasteiger partial charge in [-0.1, -0.05) is 24.3 Å². The van der Waals surface area contributed by atoms with Crippen molar-refractivity contribution in [3.8, 4) is 5.75 Å². The van der Waals surface area contributed by atoms with Crippen LogP contribution in [0.1, 0.15) is 34.3 Å². The van der Waals surface area contributed by atoms with Crippen LogP contribution in [0.4, 0.5) is 0 Å². The van der Waals surface area contributed by atoms with Crippen LogP contribution in [0.5, 0.6) is 5.75 Å². The summed E-state index contributed by atoms with van der Waals surface area (Å²) in [4.78, 5) is 38.8. The molecule has 9 nitrogen and oxygen atoms in total. The molecule has 3 rings (SSSR count). The summed E-state index contributed by atoms with van der Waals surface area (Å²) in [6.45, 7) is 0.900. The number of ether oxygens (including phenoxy) is 2. The molecule has 4 N–H and O–H groups in total. The van der Waals surface area contributed by atoms with E-state index in [-0.39, 0.29) is 24.5 Å². The molecule has 0 saturated carbocycles. The normalized spacial score (nSPS) is 14.9. The summed E-state index contributed by atoms with van der Waals surface area (Å²) in [5.74, 6) is -0.825.